The van der Waals surface area contributed by atoms with Gasteiger partial charge >= 0.3 is 6.09 Å². The van der Waals surface area contributed by atoms with E-state index < -0.39 is 68.7 Å². The highest BCUT2D eigenvalue weighted by atomic mass is 32.2. The van der Waals surface area contributed by atoms with Crippen LogP contribution >= 0.6 is 12.2 Å². The van der Waals surface area contributed by atoms with Gasteiger partial charge in [-0.2, -0.15) is 0 Å². The number of hydrogen-bond donors (Lipinski definition) is 4. The number of carbonyl (C=O) groups is 4. The van der Waals surface area contributed by atoms with Crippen LogP contribution in [0.4, 0.5) is 4.79 Å². The molecule has 15 nitrogen and oxygen atoms in total. The van der Waals surface area contributed by atoms with Crippen LogP contribution in [0.3, 0.4) is 0 Å². The summed E-state index contributed by atoms with van der Waals surface area (Å²) >= 11 is 5.61. The number of nitrogens with zero attached hydrogens (tertiary/aromatic N) is 2. The molecule has 3 aliphatic carbocycles. The summed E-state index contributed by atoms with van der Waals surface area (Å²) in [4.78, 5) is 62.4. The highest BCUT2D eigenvalue weighted by Crippen LogP contribution is 2.47. The van der Waals surface area contributed by atoms with E-state index in [1.807, 2.05) is 66.7 Å². The number of fused-ring (bicyclic) bond motifs is 6. The molecule has 1 saturated heterocycles. The molecule has 5 aliphatic rings. The lowest BCUT2D eigenvalue weighted by atomic mass is 9.98. The maximum atomic E-state index is 14.8. The quantitative estimate of drug-likeness (QED) is 0.124. The summed E-state index contributed by atoms with van der Waals surface area (Å²) < 4.78 is 45.7. The van der Waals surface area contributed by atoms with E-state index in [-0.39, 0.29) is 37.0 Å². The number of carbonyl (C=O) groups excluding carboxylic acids is 4. The third kappa shape index (κ3) is 8.87. The smallest absolute Gasteiger partial charge is 0.413 e. The van der Waals surface area contributed by atoms with E-state index in [4.69, 9.17) is 26.4 Å². The predicted molar refractivity (Wildman–Crippen MR) is 242 cm³/mol. The van der Waals surface area contributed by atoms with Gasteiger partial charge in [0.1, 0.15) is 36.1 Å². The Morgan fingerprint density at radius 1 is 0.969 bits per heavy atom. The van der Waals surface area contributed by atoms with Crippen LogP contribution in [-0.2, 0) is 29.1 Å². The first-order valence-corrected chi connectivity index (χ1v) is 23.8. The van der Waals surface area contributed by atoms with Gasteiger partial charge in [-0.05, 0) is 103 Å². The molecule has 0 spiro atoms. The number of nitrogens with one attached hydrogen (secondary N) is 4. The fourth-order valence-electron chi connectivity index (χ4n) is 9.28. The van der Waals surface area contributed by atoms with E-state index in [1.165, 1.54) is 4.90 Å². The average molecular weight is 907 g/mol. The maximum Gasteiger partial charge on any atom is 0.413 e. The van der Waals surface area contributed by atoms with Crippen molar-refractivity contribution in [3.63, 3.8) is 0 Å². The summed E-state index contributed by atoms with van der Waals surface area (Å²) in [7, 11) is -2.34. The zero-order chi connectivity index (χ0) is 44.6. The Kier molecular flexibility index (Phi) is 12.0. The molecule has 4 N–H and O–H groups in total. The molecule has 0 bridgehead atoms. The second kappa shape index (κ2) is 17.8. The minimum Gasteiger partial charge on any atom is -0.497 e. The summed E-state index contributed by atoms with van der Waals surface area (Å²) in [6.45, 7) is 0.0473. The van der Waals surface area contributed by atoms with Gasteiger partial charge < -0.3 is 29.7 Å². The Morgan fingerprint density at radius 2 is 1.72 bits per heavy atom. The molecule has 1 aromatic heterocycles. The Bertz CT molecular complexity index is 2610. The summed E-state index contributed by atoms with van der Waals surface area (Å²) in [6.07, 6.45) is 8.25. The van der Waals surface area contributed by atoms with Crippen molar-refractivity contribution in [1.82, 2.24) is 30.6 Å². The number of pyridine rings is 1. The van der Waals surface area contributed by atoms with Gasteiger partial charge in [0, 0.05) is 29.8 Å². The first-order chi connectivity index (χ1) is 30.9. The zero-order valence-corrected chi connectivity index (χ0v) is 36.9. The lowest BCUT2D eigenvalue weighted by Crippen LogP contribution is -2.58. The van der Waals surface area contributed by atoms with Crippen molar-refractivity contribution in [3.05, 3.63) is 102 Å². The van der Waals surface area contributed by atoms with Gasteiger partial charge in [-0.3, -0.25) is 24.4 Å². The maximum absolute atomic E-state index is 14.8. The number of amides is 4. The Morgan fingerprint density at radius 3 is 2.45 bits per heavy atom. The van der Waals surface area contributed by atoms with E-state index in [2.05, 4.69) is 37.8 Å². The molecule has 64 heavy (non-hydrogen) atoms. The number of rotatable bonds is 9. The minimum atomic E-state index is -3.92. The fourth-order valence-corrected chi connectivity index (χ4v) is 10.9. The van der Waals surface area contributed by atoms with E-state index in [9.17, 15) is 27.6 Å². The minimum absolute atomic E-state index is 0.0194. The van der Waals surface area contributed by atoms with Gasteiger partial charge in [-0.25, -0.2) is 18.2 Å². The normalized spacial score (nSPS) is 24.9. The highest BCUT2D eigenvalue weighted by Gasteiger charge is 2.62. The number of sulfonamides is 1. The average Bonchev–Trinajstić information content (AvgIpc) is 4.20. The van der Waals surface area contributed by atoms with Crippen molar-refractivity contribution in [3.8, 4) is 22.8 Å². The largest absolute Gasteiger partial charge is 0.497 e. The molecule has 9 rings (SSSR count). The summed E-state index contributed by atoms with van der Waals surface area (Å²) in [5, 5.41) is 9.30. The second-order valence-corrected chi connectivity index (χ2v) is 19.5. The highest BCUT2D eigenvalue weighted by molar-refractivity contribution is 7.91. The third-order valence-electron chi connectivity index (χ3n) is 12.9. The molecule has 334 valence electrons. The first-order valence-electron chi connectivity index (χ1n) is 21.8. The monoisotopic (exact) mass is 906 g/mol. The van der Waals surface area contributed by atoms with Crippen LogP contribution in [0.25, 0.3) is 21.9 Å². The van der Waals surface area contributed by atoms with E-state index >= 15 is 0 Å². The topological polar surface area (TPSA) is 194 Å². The molecule has 3 fully saturated rings. The molecule has 3 heterocycles. The van der Waals surface area contributed by atoms with Gasteiger partial charge in [-0.1, -0.05) is 73.5 Å². The summed E-state index contributed by atoms with van der Waals surface area (Å²) in [6, 6.07) is 21.2. The van der Waals surface area contributed by atoms with Crippen LogP contribution in [0.2, 0.25) is 0 Å². The summed E-state index contributed by atoms with van der Waals surface area (Å²) in [5.41, 5.74) is 2.78. The van der Waals surface area contributed by atoms with Gasteiger partial charge in [-0.15, -0.1) is 0 Å². The van der Waals surface area contributed by atoms with Crippen LogP contribution in [0, 0.1) is 5.92 Å². The van der Waals surface area contributed by atoms with E-state index in [0.29, 0.717) is 49.1 Å². The van der Waals surface area contributed by atoms with Crippen LogP contribution in [0.1, 0.15) is 74.8 Å². The molecular weight excluding hydrogens is 857 g/mol. The lowest BCUT2D eigenvalue weighted by molar-refractivity contribution is -0.141. The molecule has 5 atom stereocenters. The Labute approximate surface area is 376 Å². The Balaban J connectivity index is 0.944. The van der Waals surface area contributed by atoms with Crippen LogP contribution in [0.15, 0.2) is 91.1 Å². The second-order valence-electron chi connectivity index (χ2n) is 17.2. The third-order valence-corrected chi connectivity index (χ3v) is 15.0. The number of methoxy groups -OCH3 is 1. The number of allylic oxidation sites excluding steroid dienone is 1. The molecule has 4 aromatic rings. The number of alkyl carbamates (subject to hydrolysis) is 1. The molecule has 0 unspecified atom stereocenters. The SMILES string of the molecule is COc1ccc2c(O[C@@H]3C[C@H]4C(=O)N[C@]5(C(=O)NS(=O)(=O)C6CC6)C[C@@H]5/C=C\CCCCC[C@H](NC(=S)NC(=O)OCC5c6ccccc6-c6ccccc65)C(=O)N4C3)nccc2c1. The zero-order valence-electron chi connectivity index (χ0n) is 35.3. The van der Waals surface area contributed by atoms with E-state index in [1.54, 1.807) is 19.4 Å². The number of aromatic nitrogens is 1. The Hall–Kier alpha value is -6.07. The summed E-state index contributed by atoms with van der Waals surface area (Å²) in [5.74, 6) is -1.54. The van der Waals surface area contributed by atoms with Crippen molar-refractivity contribution in [2.45, 2.75) is 92.7 Å². The van der Waals surface area contributed by atoms with Crippen LogP contribution in [0.5, 0.6) is 11.6 Å². The molecule has 3 aromatic carbocycles. The van der Waals surface area contributed by atoms with E-state index in [0.717, 1.165) is 40.5 Å². The predicted octanol–water partition coefficient (Wildman–Crippen LogP) is 5.38. The van der Waals surface area contributed by atoms with Gasteiger partial charge in [0.25, 0.3) is 5.91 Å². The number of hydrogen-bond acceptors (Lipinski definition) is 11. The van der Waals surface area contributed by atoms with Crippen molar-refractivity contribution in [1.29, 1.82) is 0 Å². The van der Waals surface area contributed by atoms with Gasteiger partial charge in [0.05, 0.1) is 18.9 Å². The molecule has 4 amide bonds. The number of benzene rings is 3. The first kappa shape index (κ1) is 43.2. The van der Waals surface area contributed by atoms with Crippen LogP contribution in [-0.4, -0.2) is 96.5 Å². The lowest BCUT2D eigenvalue weighted by Gasteiger charge is -2.30. The molecular formula is C47H50N6O9S2. The van der Waals surface area contributed by atoms with Crippen LogP contribution < -0.4 is 30.1 Å². The van der Waals surface area contributed by atoms with Gasteiger partial charge in [0.2, 0.25) is 27.7 Å². The molecule has 2 aliphatic heterocycles. The van der Waals surface area contributed by atoms with Crippen molar-refractivity contribution in [2.24, 2.45) is 5.92 Å². The van der Waals surface area contributed by atoms with Crippen molar-refractivity contribution >= 4 is 61.9 Å². The standard InChI is InChI=1S/C47H50N6O9S2/c1-60-30-17-20-33-28(23-30)21-22-48-42(33)62-31-24-40-41(54)51-47(44(56)52-64(58,59)32-18-19-32)25-29(47)11-5-3-2-4-6-16-39(43(55)53(40)26-31)49-45(63)50-46(57)61-27-38-36-14-9-7-12-34(36)35-13-8-10-15-37(35)38/h5,7-15,17,20-23,29,31-32,38-40H,2-4,6,16,18-19,24-27H2,1H3,(H,51,54)(H,52,56)(H2,49,50,57,63)/b11-5-/t29-,31+,39-,40-,47+/m0/s1. The number of ether oxygens (including phenoxy) is 3. The molecule has 17 heteroatoms. The molecule has 0 radical (unpaired) electrons. The van der Waals surface area contributed by atoms with Gasteiger partial charge in [0.15, 0.2) is 5.11 Å². The van der Waals surface area contributed by atoms with Crippen molar-refractivity contribution < 1.29 is 41.8 Å². The van der Waals surface area contributed by atoms with Crippen molar-refractivity contribution in [2.75, 3.05) is 20.3 Å². The fraction of sp³-hybridized carbons (Fsp3) is 0.404. The molecule has 2 saturated carbocycles. The number of thiocarbonyl (C=S) groups is 1.